The molecule has 2 amide bonds. The number of hydrogen-bond acceptors (Lipinski definition) is 4. The molecule has 1 saturated heterocycles. The fourth-order valence-corrected chi connectivity index (χ4v) is 5.07. The number of aromatic nitrogens is 1. The maximum absolute atomic E-state index is 13.0. The molecule has 1 unspecified atom stereocenters. The Morgan fingerprint density at radius 1 is 0.892 bits per heavy atom. The Kier molecular flexibility index (Phi) is 10.3. The van der Waals surface area contributed by atoms with E-state index >= 15 is 0 Å². The Hall–Kier alpha value is -3.51. The number of hydrogen-bond donors (Lipinski definition) is 2. The van der Waals surface area contributed by atoms with E-state index in [1.807, 2.05) is 24.3 Å². The topological polar surface area (TPSA) is 74.3 Å². The zero-order valence-electron chi connectivity index (χ0n) is 21.5. The molecule has 1 aliphatic rings. The normalized spacial score (nSPS) is 15.9. The molecule has 1 atom stereocenters. The lowest BCUT2D eigenvalue weighted by Crippen LogP contribution is -2.44. The zero-order chi connectivity index (χ0) is 25.7. The number of benzene rings is 2. The molecule has 1 aliphatic heterocycles. The summed E-state index contributed by atoms with van der Waals surface area (Å²) in [7, 11) is 0. The van der Waals surface area contributed by atoms with Crippen LogP contribution >= 0.6 is 0 Å². The van der Waals surface area contributed by atoms with Gasteiger partial charge in [0.2, 0.25) is 11.8 Å². The number of likely N-dealkylation sites (tertiary alicyclic amines) is 1. The van der Waals surface area contributed by atoms with E-state index in [9.17, 15) is 9.59 Å². The van der Waals surface area contributed by atoms with E-state index in [-0.39, 0.29) is 23.8 Å². The number of aryl methyl sites for hydroxylation is 1. The van der Waals surface area contributed by atoms with Gasteiger partial charge in [0.05, 0.1) is 12.0 Å². The smallest absolute Gasteiger partial charge is 0.224 e. The van der Waals surface area contributed by atoms with Gasteiger partial charge in [0.25, 0.3) is 0 Å². The summed E-state index contributed by atoms with van der Waals surface area (Å²) >= 11 is 0. The maximum Gasteiger partial charge on any atom is 0.224 e. The number of nitrogens with zero attached hydrogens (tertiary/aromatic N) is 2. The third-order valence-corrected chi connectivity index (χ3v) is 7.01. The minimum Gasteiger partial charge on any atom is -0.356 e. The molecule has 37 heavy (non-hydrogen) atoms. The number of rotatable bonds is 12. The van der Waals surface area contributed by atoms with Crippen LogP contribution in [0, 0.1) is 5.92 Å². The summed E-state index contributed by atoms with van der Waals surface area (Å²) < 4.78 is 0. The van der Waals surface area contributed by atoms with Crippen molar-refractivity contribution in [1.82, 2.24) is 20.5 Å². The largest absolute Gasteiger partial charge is 0.356 e. The summed E-state index contributed by atoms with van der Waals surface area (Å²) in [4.78, 5) is 31.6. The van der Waals surface area contributed by atoms with Gasteiger partial charge in [-0.25, -0.2) is 0 Å². The molecule has 194 valence electrons. The molecule has 3 aromatic rings. The van der Waals surface area contributed by atoms with Crippen molar-refractivity contribution in [2.75, 3.05) is 26.2 Å². The number of carbonyl (C=O) groups is 2. The summed E-state index contributed by atoms with van der Waals surface area (Å²) in [6.07, 6.45) is 8.33. The predicted molar refractivity (Wildman–Crippen MR) is 147 cm³/mol. The first-order chi connectivity index (χ1) is 18.2. The molecule has 2 aromatic carbocycles. The Labute approximate surface area is 220 Å². The second-order valence-corrected chi connectivity index (χ2v) is 9.77. The summed E-state index contributed by atoms with van der Waals surface area (Å²) in [6, 6.07) is 25.2. The van der Waals surface area contributed by atoms with E-state index in [4.69, 9.17) is 0 Å². The van der Waals surface area contributed by atoms with Gasteiger partial charge in [-0.1, -0.05) is 66.7 Å². The molecule has 1 fully saturated rings. The van der Waals surface area contributed by atoms with E-state index in [0.717, 1.165) is 44.3 Å². The van der Waals surface area contributed by atoms with Crippen molar-refractivity contribution in [2.45, 2.75) is 44.6 Å². The lowest BCUT2D eigenvalue weighted by Gasteiger charge is -2.38. The van der Waals surface area contributed by atoms with Gasteiger partial charge in [-0.15, -0.1) is 0 Å². The molecule has 0 spiro atoms. The van der Waals surface area contributed by atoms with Crippen LogP contribution < -0.4 is 10.6 Å². The molecular formula is C31H38N4O2. The summed E-state index contributed by atoms with van der Waals surface area (Å²) in [5.41, 5.74) is 3.59. The Morgan fingerprint density at radius 2 is 1.57 bits per heavy atom. The van der Waals surface area contributed by atoms with Crippen LogP contribution in [0.1, 0.15) is 54.8 Å². The molecule has 0 aliphatic carbocycles. The van der Waals surface area contributed by atoms with E-state index in [2.05, 4.69) is 69.0 Å². The quantitative estimate of drug-likeness (QED) is 0.360. The average molecular weight is 499 g/mol. The molecule has 0 radical (unpaired) electrons. The first-order valence-electron chi connectivity index (χ1n) is 13.5. The highest BCUT2D eigenvalue weighted by Crippen LogP contribution is 2.32. The molecule has 0 bridgehead atoms. The van der Waals surface area contributed by atoms with E-state index in [1.54, 1.807) is 12.4 Å². The Balaban J connectivity index is 1.19. The summed E-state index contributed by atoms with van der Waals surface area (Å²) in [6.45, 7) is 3.02. The zero-order valence-corrected chi connectivity index (χ0v) is 21.5. The van der Waals surface area contributed by atoms with Crippen molar-refractivity contribution in [1.29, 1.82) is 0 Å². The van der Waals surface area contributed by atoms with E-state index in [0.29, 0.717) is 25.9 Å². The van der Waals surface area contributed by atoms with Crippen LogP contribution in [0.2, 0.25) is 0 Å². The number of nitrogens with one attached hydrogen (secondary N) is 2. The molecule has 2 heterocycles. The van der Waals surface area contributed by atoms with E-state index in [1.165, 1.54) is 11.1 Å². The monoisotopic (exact) mass is 498 g/mol. The maximum atomic E-state index is 13.0. The molecule has 6 heteroatoms. The van der Waals surface area contributed by atoms with Crippen LogP contribution in [-0.4, -0.2) is 47.9 Å². The predicted octanol–water partition coefficient (Wildman–Crippen LogP) is 4.53. The SMILES string of the molecule is O=C(CCc1cccnc1)NCCCCNC(=O)C1CCCN(C(c2ccccc2)c2ccccc2)C1. The van der Waals surface area contributed by atoms with Gasteiger partial charge >= 0.3 is 0 Å². The van der Waals surface area contributed by atoms with Gasteiger partial charge in [-0.2, -0.15) is 0 Å². The lowest BCUT2D eigenvalue weighted by atomic mass is 9.91. The summed E-state index contributed by atoms with van der Waals surface area (Å²) in [5.74, 6) is 0.197. The third kappa shape index (κ3) is 8.25. The number of unbranched alkanes of at least 4 members (excludes halogenated alkanes) is 1. The van der Waals surface area contributed by atoms with Gasteiger partial charge in [0.15, 0.2) is 0 Å². The average Bonchev–Trinajstić information content (AvgIpc) is 2.96. The highest BCUT2D eigenvalue weighted by molar-refractivity contribution is 5.79. The van der Waals surface area contributed by atoms with Crippen molar-refractivity contribution in [3.63, 3.8) is 0 Å². The van der Waals surface area contributed by atoms with Gasteiger partial charge in [-0.05, 0) is 61.4 Å². The number of amides is 2. The van der Waals surface area contributed by atoms with Crippen LogP contribution in [0.3, 0.4) is 0 Å². The van der Waals surface area contributed by atoms with Crippen LogP contribution in [0.5, 0.6) is 0 Å². The van der Waals surface area contributed by atoms with Gasteiger partial charge in [0.1, 0.15) is 0 Å². The molecule has 1 aromatic heterocycles. The summed E-state index contributed by atoms with van der Waals surface area (Å²) in [5, 5.41) is 6.12. The van der Waals surface area contributed by atoms with Gasteiger partial charge < -0.3 is 10.6 Å². The van der Waals surface area contributed by atoms with Crippen LogP contribution in [-0.2, 0) is 16.0 Å². The molecule has 6 nitrogen and oxygen atoms in total. The Bertz CT molecular complexity index is 1050. The van der Waals surface area contributed by atoms with E-state index < -0.39 is 0 Å². The molecule has 2 N–H and O–H groups in total. The van der Waals surface area contributed by atoms with Crippen molar-refractivity contribution < 1.29 is 9.59 Å². The number of pyridine rings is 1. The number of piperidine rings is 1. The number of carbonyl (C=O) groups excluding carboxylic acids is 2. The first kappa shape index (κ1) is 26.6. The Morgan fingerprint density at radius 3 is 2.22 bits per heavy atom. The highest BCUT2D eigenvalue weighted by Gasteiger charge is 2.31. The molecule has 4 rings (SSSR count). The van der Waals surface area contributed by atoms with Gasteiger partial charge in [-0.3, -0.25) is 19.5 Å². The van der Waals surface area contributed by atoms with Gasteiger partial charge in [0, 0.05) is 38.4 Å². The molecular weight excluding hydrogens is 460 g/mol. The lowest BCUT2D eigenvalue weighted by molar-refractivity contribution is -0.127. The first-order valence-corrected chi connectivity index (χ1v) is 13.5. The van der Waals surface area contributed by atoms with Crippen LogP contribution in [0.4, 0.5) is 0 Å². The van der Waals surface area contributed by atoms with Crippen molar-refractivity contribution in [2.24, 2.45) is 5.92 Å². The fourth-order valence-electron chi connectivity index (χ4n) is 5.07. The third-order valence-electron chi connectivity index (χ3n) is 7.01. The second kappa shape index (κ2) is 14.3. The van der Waals surface area contributed by atoms with Crippen LogP contribution in [0.15, 0.2) is 85.2 Å². The minimum atomic E-state index is -0.00384. The molecule has 0 saturated carbocycles. The highest BCUT2D eigenvalue weighted by atomic mass is 16.2. The van der Waals surface area contributed by atoms with Crippen molar-refractivity contribution in [3.05, 3.63) is 102 Å². The fraction of sp³-hybridized carbons (Fsp3) is 0.387. The standard InChI is InChI=1S/C31H38N4O2/c36-29(18-17-25-11-9-19-32-23-25)33-20-7-8-21-34-31(37)28-16-10-22-35(24-28)30(26-12-3-1-4-13-26)27-14-5-2-6-15-27/h1-6,9,11-15,19,23,28,30H,7-8,10,16-18,20-22,24H2,(H,33,36)(H,34,37). The van der Waals surface area contributed by atoms with Crippen molar-refractivity contribution >= 4 is 11.8 Å². The minimum absolute atomic E-state index is 0.00384. The van der Waals surface area contributed by atoms with Crippen molar-refractivity contribution in [3.8, 4) is 0 Å². The van der Waals surface area contributed by atoms with Crippen LogP contribution in [0.25, 0.3) is 0 Å². The second-order valence-electron chi connectivity index (χ2n) is 9.77.